The van der Waals surface area contributed by atoms with E-state index in [9.17, 15) is 19.2 Å². The Labute approximate surface area is 131 Å². The highest BCUT2D eigenvalue weighted by atomic mass is 16.5. The van der Waals surface area contributed by atoms with E-state index >= 15 is 0 Å². The highest BCUT2D eigenvalue weighted by Crippen LogP contribution is 2.30. The minimum atomic E-state index is -0.871. The summed E-state index contributed by atoms with van der Waals surface area (Å²) in [4.78, 5) is 48.3. The lowest BCUT2D eigenvalue weighted by molar-refractivity contribution is -0.120. The molecule has 8 heteroatoms. The third-order valence-corrected chi connectivity index (χ3v) is 3.79. The van der Waals surface area contributed by atoms with E-state index in [1.807, 2.05) is 0 Å². The molecule has 0 unspecified atom stereocenters. The summed E-state index contributed by atoms with van der Waals surface area (Å²) >= 11 is 0. The number of rotatable bonds is 4. The molecule has 0 saturated heterocycles. The second kappa shape index (κ2) is 6.64. The molecule has 1 aromatic heterocycles. The van der Waals surface area contributed by atoms with Crippen molar-refractivity contribution in [3.63, 3.8) is 0 Å². The van der Waals surface area contributed by atoms with Crippen LogP contribution in [-0.2, 0) is 14.3 Å². The molecule has 23 heavy (non-hydrogen) atoms. The SMILES string of the molecule is COC(=O)c1cn([C@H]2CCCC2=O)c(C(=O)OC)c(OC)c1=O. The number of carbonyl (C=O) groups excluding carboxylic acids is 3. The van der Waals surface area contributed by atoms with Crippen LogP contribution in [0.5, 0.6) is 5.75 Å². The van der Waals surface area contributed by atoms with Crippen molar-refractivity contribution in [1.82, 2.24) is 4.57 Å². The first-order valence-corrected chi connectivity index (χ1v) is 6.98. The summed E-state index contributed by atoms with van der Waals surface area (Å²) in [6, 6.07) is -0.651. The van der Waals surface area contributed by atoms with Gasteiger partial charge in [-0.15, -0.1) is 0 Å². The zero-order valence-electron chi connectivity index (χ0n) is 13.1. The largest absolute Gasteiger partial charge is 0.491 e. The third-order valence-electron chi connectivity index (χ3n) is 3.79. The van der Waals surface area contributed by atoms with Gasteiger partial charge in [-0.3, -0.25) is 9.59 Å². The lowest BCUT2D eigenvalue weighted by Crippen LogP contribution is -2.29. The molecule has 124 valence electrons. The minimum Gasteiger partial charge on any atom is -0.491 e. The fraction of sp³-hybridized carbons (Fsp3) is 0.467. The molecule has 0 spiro atoms. The Balaban J connectivity index is 2.79. The predicted molar refractivity (Wildman–Crippen MR) is 77.8 cm³/mol. The first-order chi connectivity index (χ1) is 11.0. The molecule has 0 amide bonds. The van der Waals surface area contributed by atoms with Crippen molar-refractivity contribution in [1.29, 1.82) is 0 Å². The van der Waals surface area contributed by atoms with Crippen molar-refractivity contribution >= 4 is 17.7 Å². The Kier molecular flexibility index (Phi) is 4.83. The van der Waals surface area contributed by atoms with Crippen LogP contribution in [0.25, 0.3) is 0 Å². The van der Waals surface area contributed by atoms with Gasteiger partial charge in [-0.25, -0.2) is 9.59 Å². The number of ether oxygens (including phenoxy) is 3. The van der Waals surface area contributed by atoms with Gasteiger partial charge in [0.1, 0.15) is 5.56 Å². The molecule has 1 saturated carbocycles. The number of hydrogen-bond donors (Lipinski definition) is 0. The number of Topliss-reactive ketones (excluding diaryl/α,β-unsaturated/α-hetero) is 1. The molecule has 0 bridgehead atoms. The van der Waals surface area contributed by atoms with E-state index < -0.39 is 23.4 Å². The first kappa shape index (κ1) is 16.7. The molecule has 8 nitrogen and oxygen atoms in total. The fourth-order valence-electron chi connectivity index (χ4n) is 2.69. The van der Waals surface area contributed by atoms with E-state index in [1.54, 1.807) is 0 Å². The van der Waals surface area contributed by atoms with Crippen LogP contribution in [-0.4, -0.2) is 43.6 Å². The van der Waals surface area contributed by atoms with E-state index in [4.69, 9.17) is 4.74 Å². The summed E-state index contributed by atoms with van der Waals surface area (Å²) in [5, 5.41) is 0. The molecule has 0 aromatic carbocycles. The quantitative estimate of drug-likeness (QED) is 0.753. The Hall–Kier alpha value is -2.64. The Morgan fingerprint density at radius 2 is 1.78 bits per heavy atom. The van der Waals surface area contributed by atoms with Gasteiger partial charge in [0.15, 0.2) is 17.2 Å². The minimum absolute atomic E-state index is 0.0864. The van der Waals surface area contributed by atoms with Crippen LogP contribution in [0.2, 0.25) is 0 Å². The summed E-state index contributed by atoms with van der Waals surface area (Å²) in [6.45, 7) is 0. The van der Waals surface area contributed by atoms with Crippen molar-refractivity contribution in [2.24, 2.45) is 0 Å². The molecule has 1 aliphatic carbocycles. The highest BCUT2D eigenvalue weighted by molar-refractivity contribution is 5.95. The second-order valence-corrected chi connectivity index (χ2v) is 5.02. The van der Waals surface area contributed by atoms with Crippen molar-refractivity contribution in [3.05, 3.63) is 27.7 Å². The van der Waals surface area contributed by atoms with Crippen LogP contribution in [0.15, 0.2) is 11.0 Å². The molecule has 1 heterocycles. The molecule has 0 aliphatic heterocycles. The summed E-state index contributed by atoms with van der Waals surface area (Å²) in [5.74, 6) is -2.13. The topological polar surface area (TPSA) is 101 Å². The number of carbonyl (C=O) groups is 3. The summed E-state index contributed by atoms with van der Waals surface area (Å²) < 4.78 is 15.6. The van der Waals surface area contributed by atoms with Gasteiger partial charge in [-0.2, -0.15) is 0 Å². The summed E-state index contributed by atoms with van der Waals surface area (Å²) in [5.41, 5.74) is -1.29. The molecule has 0 N–H and O–H groups in total. The normalized spacial score (nSPS) is 17.0. The Bertz CT molecular complexity index is 719. The molecular formula is C15H17NO7. The monoisotopic (exact) mass is 323 g/mol. The number of nitrogens with zero attached hydrogens (tertiary/aromatic N) is 1. The van der Waals surface area contributed by atoms with E-state index in [0.717, 1.165) is 20.4 Å². The Morgan fingerprint density at radius 3 is 2.26 bits per heavy atom. The van der Waals surface area contributed by atoms with Gasteiger partial charge in [0.2, 0.25) is 5.43 Å². The molecule has 1 atom stereocenters. The fourth-order valence-corrected chi connectivity index (χ4v) is 2.69. The van der Waals surface area contributed by atoms with Gasteiger partial charge < -0.3 is 18.8 Å². The van der Waals surface area contributed by atoms with Gasteiger partial charge >= 0.3 is 11.9 Å². The second-order valence-electron chi connectivity index (χ2n) is 5.02. The van der Waals surface area contributed by atoms with Gasteiger partial charge in [0.05, 0.1) is 27.4 Å². The molecule has 0 radical (unpaired) electrons. The van der Waals surface area contributed by atoms with Gasteiger partial charge in [-0.05, 0) is 12.8 Å². The number of aromatic nitrogens is 1. The van der Waals surface area contributed by atoms with Crippen LogP contribution in [0, 0.1) is 0 Å². The zero-order valence-corrected chi connectivity index (χ0v) is 13.1. The summed E-state index contributed by atoms with van der Waals surface area (Å²) in [6.07, 6.45) is 2.69. The van der Waals surface area contributed by atoms with Gasteiger partial charge in [0.25, 0.3) is 0 Å². The number of ketones is 1. The highest BCUT2D eigenvalue weighted by Gasteiger charge is 2.33. The average Bonchev–Trinajstić information content (AvgIpc) is 2.98. The van der Waals surface area contributed by atoms with Crippen molar-refractivity contribution < 1.29 is 28.6 Å². The number of hydrogen-bond acceptors (Lipinski definition) is 7. The molecule has 1 aliphatic rings. The maximum atomic E-state index is 12.4. The van der Waals surface area contributed by atoms with E-state index in [1.165, 1.54) is 11.7 Å². The standard InChI is InChI=1S/C15H17NO7/c1-21-13-11(15(20)23-3)16(9-5-4-6-10(9)17)7-8(12(13)18)14(19)22-2/h7,9H,4-6H2,1-3H3/t9-/m0/s1. The van der Waals surface area contributed by atoms with Crippen molar-refractivity contribution in [2.75, 3.05) is 21.3 Å². The van der Waals surface area contributed by atoms with Crippen LogP contribution >= 0.6 is 0 Å². The summed E-state index contributed by atoms with van der Waals surface area (Å²) in [7, 11) is 3.49. The lowest BCUT2D eigenvalue weighted by Gasteiger charge is -2.20. The van der Waals surface area contributed by atoms with Crippen LogP contribution in [0.3, 0.4) is 0 Å². The Morgan fingerprint density at radius 1 is 1.13 bits per heavy atom. The lowest BCUT2D eigenvalue weighted by atomic mass is 10.1. The van der Waals surface area contributed by atoms with Crippen LogP contribution < -0.4 is 10.2 Å². The van der Waals surface area contributed by atoms with Gasteiger partial charge in [-0.1, -0.05) is 0 Å². The maximum absolute atomic E-state index is 12.4. The van der Waals surface area contributed by atoms with Crippen molar-refractivity contribution in [2.45, 2.75) is 25.3 Å². The zero-order chi connectivity index (χ0) is 17.1. The van der Waals surface area contributed by atoms with Crippen LogP contribution in [0.4, 0.5) is 0 Å². The molecule has 1 fully saturated rings. The number of methoxy groups -OCH3 is 3. The molecule has 1 aromatic rings. The predicted octanol–water partition coefficient (Wildman–Crippen LogP) is 0.724. The van der Waals surface area contributed by atoms with E-state index in [2.05, 4.69) is 9.47 Å². The smallest absolute Gasteiger partial charge is 0.358 e. The number of pyridine rings is 1. The first-order valence-electron chi connectivity index (χ1n) is 6.98. The third kappa shape index (κ3) is 2.84. The van der Waals surface area contributed by atoms with E-state index in [-0.39, 0.29) is 22.8 Å². The molecule has 2 rings (SSSR count). The maximum Gasteiger partial charge on any atom is 0.358 e. The van der Waals surface area contributed by atoms with E-state index in [0.29, 0.717) is 19.3 Å². The molecular weight excluding hydrogens is 306 g/mol. The van der Waals surface area contributed by atoms with Crippen LogP contribution in [0.1, 0.15) is 46.2 Å². The number of esters is 2. The van der Waals surface area contributed by atoms with Crippen molar-refractivity contribution in [3.8, 4) is 5.75 Å². The van der Waals surface area contributed by atoms with Gasteiger partial charge in [0, 0.05) is 12.6 Å². The average molecular weight is 323 g/mol.